The SMILES string of the molecule is NC(=O)c1cccc(-c2ccc(OC(F)(F)C(F)(F)F)cc2)c1-[s+]1ccnn1. The molecule has 3 aromatic rings. The molecule has 0 fully saturated rings. The lowest BCUT2D eigenvalue weighted by molar-refractivity contribution is -0.360. The average Bonchev–Trinajstić information content (AvgIpc) is 3.14. The molecule has 1 heterocycles. The van der Waals surface area contributed by atoms with Crippen LogP contribution in [0.1, 0.15) is 10.4 Å². The van der Waals surface area contributed by atoms with Gasteiger partial charge in [-0.15, -0.1) is 5.10 Å². The van der Waals surface area contributed by atoms with Crippen molar-refractivity contribution >= 4 is 16.6 Å². The van der Waals surface area contributed by atoms with Gasteiger partial charge in [-0.05, 0) is 29.8 Å². The van der Waals surface area contributed by atoms with Gasteiger partial charge in [-0.3, -0.25) is 4.79 Å². The zero-order chi connectivity index (χ0) is 20.5. The van der Waals surface area contributed by atoms with Crippen LogP contribution in [-0.2, 0) is 0 Å². The minimum Gasteiger partial charge on any atom is -0.426 e. The summed E-state index contributed by atoms with van der Waals surface area (Å²) in [5.41, 5.74) is 6.59. The van der Waals surface area contributed by atoms with Crippen molar-refractivity contribution in [2.45, 2.75) is 12.3 Å². The molecule has 2 aromatic carbocycles. The number of primary amides is 1. The predicted octanol–water partition coefficient (Wildman–Crippen LogP) is 4.51. The van der Waals surface area contributed by atoms with E-state index in [1.165, 1.54) is 24.4 Å². The van der Waals surface area contributed by atoms with Crippen molar-refractivity contribution in [2.24, 2.45) is 5.73 Å². The van der Waals surface area contributed by atoms with Crippen LogP contribution in [-0.4, -0.2) is 27.8 Å². The molecule has 1 unspecified atom stereocenters. The van der Waals surface area contributed by atoms with Gasteiger partial charge in [-0.25, -0.2) is 0 Å². The standard InChI is InChI=1S/C17H10F5N3O2S/c18-16(19,20)17(21,22)27-11-6-4-10(5-7-11)12-2-1-3-13(15(23)26)14(12)28-9-8-24-25-28/h1-9H,(H-,23,26)/p+1. The summed E-state index contributed by atoms with van der Waals surface area (Å²) in [6, 6.07) is 9.28. The van der Waals surface area contributed by atoms with Crippen molar-refractivity contribution in [3.63, 3.8) is 0 Å². The lowest BCUT2D eigenvalue weighted by Gasteiger charge is -2.20. The molecule has 28 heavy (non-hydrogen) atoms. The number of hydrogen-bond donors (Lipinski definition) is 1. The van der Waals surface area contributed by atoms with E-state index in [2.05, 4.69) is 14.3 Å². The second kappa shape index (κ2) is 7.15. The normalized spacial score (nSPS) is 12.7. The quantitative estimate of drug-likeness (QED) is 0.490. The average molecular weight is 416 g/mol. The first-order valence-electron chi connectivity index (χ1n) is 7.58. The number of carbonyl (C=O) groups is 1. The fourth-order valence-corrected chi connectivity index (χ4v) is 3.79. The third kappa shape index (κ3) is 3.79. The number of nitrogens with zero attached hydrogens (tertiary/aromatic N) is 2. The summed E-state index contributed by atoms with van der Waals surface area (Å²) in [6.07, 6.45) is -9.70. The molecule has 146 valence electrons. The van der Waals surface area contributed by atoms with Crippen LogP contribution >= 0.6 is 10.7 Å². The highest BCUT2D eigenvalue weighted by molar-refractivity contribution is 7.34. The maximum absolute atomic E-state index is 13.0. The monoisotopic (exact) mass is 416 g/mol. The van der Waals surface area contributed by atoms with Crippen LogP contribution in [0.3, 0.4) is 0 Å². The highest BCUT2D eigenvalue weighted by Gasteiger charge is 2.61. The van der Waals surface area contributed by atoms with Crippen LogP contribution < -0.4 is 10.5 Å². The van der Waals surface area contributed by atoms with E-state index in [4.69, 9.17) is 5.73 Å². The minimum atomic E-state index is -5.84. The van der Waals surface area contributed by atoms with Crippen LogP contribution in [0.5, 0.6) is 5.75 Å². The van der Waals surface area contributed by atoms with Gasteiger partial charge in [-0.1, -0.05) is 18.2 Å². The maximum Gasteiger partial charge on any atom is 0.499 e. The van der Waals surface area contributed by atoms with Crippen LogP contribution in [0.25, 0.3) is 16.0 Å². The summed E-state index contributed by atoms with van der Waals surface area (Å²) in [4.78, 5) is 12.3. The van der Waals surface area contributed by atoms with Crippen molar-refractivity contribution in [1.82, 2.24) is 9.59 Å². The number of halogens is 5. The fraction of sp³-hybridized carbons (Fsp3) is 0.118. The number of nitrogens with two attached hydrogens (primary N) is 1. The molecule has 0 saturated heterocycles. The Morgan fingerprint density at radius 1 is 1.04 bits per heavy atom. The summed E-state index contributed by atoms with van der Waals surface area (Å²) < 4.78 is 70.6. The third-order valence-corrected chi connectivity index (χ3v) is 5.13. The molecule has 0 radical (unpaired) electrons. The summed E-state index contributed by atoms with van der Waals surface area (Å²) >= 11 is 0. The van der Waals surface area contributed by atoms with Gasteiger partial charge in [0.25, 0.3) is 5.91 Å². The topological polar surface area (TPSA) is 78.1 Å². The number of carbonyl (C=O) groups excluding carboxylic acids is 1. The van der Waals surface area contributed by atoms with Gasteiger partial charge in [0.15, 0.2) is 16.0 Å². The highest BCUT2D eigenvalue weighted by atomic mass is 32.2. The van der Waals surface area contributed by atoms with Crippen LogP contribution in [0.4, 0.5) is 22.0 Å². The number of amides is 1. The molecule has 1 atom stereocenters. The molecular weight excluding hydrogens is 405 g/mol. The van der Waals surface area contributed by atoms with Gasteiger partial charge >= 0.3 is 12.3 Å². The zero-order valence-corrected chi connectivity index (χ0v) is 14.6. The number of ether oxygens (including phenoxy) is 1. The van der Waals surface area contributed by atoms with Crippen molar-refractivity contribution in [2.75, 3.05) is 0 Å². The fourth-order valence-electron chi connectivity index (χ4n) is 2.39. The predicted molar refractivity (Wildman–Crippen MR) is 91.4 cm³/mol. The molecule has 2 N–H and O–H groups in total. The molecule has 0 aliphatic carbocycles. The summed E-state index contributed by atoms with van der Waals surface area (Å²) in [5.74, 6) is -1.36. The van der Waals surface area contributed by atoms with E-state index in [9.17, 15) is 26.7 Å². The molecule has 11 heteroatoms. The Bertz CT molecular complexity index is 989. The Morgan fingerprint density at radius 3 is 2.25 bits per heavy atom. The van der Waals surface area contributed by atoms with Crippen LogP contribution in [0.15, 0.2) is 54.0 Å². The summed E-state index contributed by atoms with van der Waals surface area (Å²) in [5, 5.41) is 5.41. The Labute approximate surface area is 157 Å². The lowest BCUT2D eigenvalue weighted by Crippen LogP contribution is -2.41. The molecule has 3 rings (SSSR count). The third-order valence-electron chi connectivity index (χ3n) is 3.62. The first-order valence-corrected chi connectivity index (χ1v) is 8.82. The summed E-state index contributed by atoms with van der Waals surface area (Å²) in [7, 11) is -0.891. The molecule has 0 aliphatic heterocycles. The van der Waals surface area contributed by atoms with E-state index in [0.29, 0.717) is 16.0 Å². The molecule has 0 bridgehead atoms. The summed E-state index contributed by atoms with van der Waals surface area (Å²) in [6.45, 7) is 0. The van der Waals surface area contributed by atoms with Crippen LogP contribution in [0.2, 0.25) is 0 Å². The van der Waals surface area contributed by atoms with Gasteiger partial charge in [0.05, 0.1) is 4.49 Å². The highest BCUT2D eigenvalue weighted by Crippen LogP contribution is 2.41. The van der Waals surface area contributed by atoms with Crippen molar-refractivity contribution in [3.8, 4) is 21.8 Å². The van der Waals surface area contributed by atoms with Gasteiger partial charge < -0.3 is 10.5 Å². The molecule has 5 nitrogen and oxygen atoms in total. The zero-order valence-electron chi connectivity index (χ0n) is 13.8. The van der Waals surface area contributed by atoms with Gasteiger partial charge in [-0.2, -0.15) is 22.0 Å². The van der Waals surface area contributed by atoms with Gasteiger partial charge in [0.1, 0.15) is 17.5 Å². The van der Waals surface area contributed by atoms with E-state index < -0.39 is 34.6 Å². The lowest BCUT2D eigenvalue weighted by atomic mass is 10.0. The van der Waals surface area contributed by atoms with Gasteiger partial charge in [0.2, 0.25) is 4.90 Å². The molecular formula is C17H11F5N3O2S+. The Balaban J connectivity index is 2.02. The first kappa shape index (κ1) is 19.7. The molecule has 0 saturated carbocycles. The van der Waals surface area contributed by atoms with E-state index in [-0.39, 0.29) is 5.56 Å². The minimum absolute atomic E-state index is 0.204. The number of hydrogen-bond acceptors (Lipinski definition) is 4. The number of benzene rings is 2. The molecule has 0 aliphatic rings. The second-order valence-electron chi connectivity index (χ2n) is 5.48. The Morgan fingerprint density at radius 2 is 1.71 bits per heavy atom. The van der Waals surface area contributed by atoms with E-state index >= 15 is 0 Å². The molecule has 1 amide bonds. The van der Waals surface area contributed by atoms with Crippen molar-refractivity contribution in [3.05, 3.63) is 59.6 Å². The van der Waals surface area contributed by atoms with Crippen molar-refractivity contribution < 1.29 is 31.5 Å². The molecule has 0 spiro atoms. The van der Waals surface area contributed by atoms with Crippen molar-refractivity contribution in [1.29, 1.82) is 0 Å². The number of rotatable bonds is 5. The maximum atomic E-state index is 13.0. The largest absolute Gasteiger partial charge is 0.499 e. The van der Waals surface area contributed by atoms with Crippen LogP contribution in [0, 0.1) is 0 Å². The first-order chi connectivity index (χ1) is 13.1. The number of alkyl halides is 5. The molecule has 1 aromatic heterocycles. The van der Waals surface area contributed by atoms with E-state index in [1.54, 1.807) is 17.5 Å². The smallest absolute Gasteiger partial charge is 0.426 e. The second-order valence-corrected chi connectivity index (χ2v) is 6.96. The number of aromatic nitrogens is 2. The van der Waals surface area contributed by atoms with E-state index in [1.807, 2.05) is 0 Å². The Hall–Kier alpha value is -3.08. The van der Waals surface area contributed by atoms with E-state index in [0.717, 1.165) is 12.1 Å². The Kier molecular flexibility index (Phi) is 5.02. The van der Waals surface area contributed by atoms with Gasteiger partial charge in [0, 0.05) is 5.56 Å².